The molecule has 4 N–H and O–H groups in total. The normalized spacial score (nSPS) is 10.5. The summed E-state index contributed by atoms with van der Waals surface area (Å²) in [6.45, 7) is 0. The summed E-state index contributed by atoms with van der Waals surface area (Å²) < 4.78 is 5.00. The average molecular weight is 207 g/mol. The molecule has 0 unspecified atom stereocenters. The van der Waals surface area contributed by atoms with E-state index in [0.717, 1.165) is 5.56 Å². The molecule has 0 atom stereocenters. The molecule has 15 heavy (non-hydrogen) atoms. The topological polar surface area (TPSA) is 91.2 Å². The molecule has 5 nitrogen and oxygen atoms in total. The van der Waals surface area contributed by atoms with Crippen LogP contribution in [0.15, 0.2) is 18.3 Å². The van der Waals surface area contributed by atoms with Gasteiger partial charge in [-0.15, -0.1) is 0 Å². The molecule has 1 rings (SSSR count). The predicted molar refractivity (Wildman–Crippen MR) is 58.0 cm³/mol. The Morgan fingerprint density at radius 3 is 3.00 bits per heavy atom. The second kappa shape index (κ2) is 4.99. The van der Waals surface area contributed by atoms with Gasteiger partial charge in [-0.25, -0.2) is 4.98 Å². The molecular weight excluding hydrogens is 194 g/mol. The number of carbonyl (C=O) groups excluding carboxylic acids is 1. The Kier molecular flexibility index (Phi) is 3.68. The van der Waals surface area contributed by atoms with Gasteiger partial charge in [0.2, 0.25) is 5.91 Å². The molecule has 0 aliphatic carbocycles. The summed E-state index contributed by atoms with van der Waals surface area (Å²) in [4.78, 5) is 14.4. The number of primary amides is 1. The van der Waals surface area contributed by atoms with Crippen LogP contribution in [0.5, 0.6) is 5.75 Å². The van der Waals surface area contributed by atoms with Gasteiger partial charge < -0.3 is 16.2 Å². The maximum absolute atomic E-state index is 10.5. The first-order valence-corrected chi connectivity index (χ1v) is 4.38. The summed E-state index contributed by atoms with van der Waals surface area (Å²) in [5.74, 6) is 0.474. The first-order valence-electron chi connectivity index (χ1n) is 4.38. The van der Waals surface area contributed by atoms with E-state index in [-0.39, 0.29) is 12.3 Å². The summed E-state index contributed by atoms with van der Waals surface area (Å²) in [7, 11) is 1.52. The maximum atomic E-state index is 10.5. The van der Waals surface area contributed by atoms with Crippen LogP contribution in [0, 0.1) is 0 Å². The lowest BCUT2D eigenvalue weighted by Gasteiger charge is -2.03. The second-order valence-corrected chi connectivity index (χ2v) is 2.93. The van der Waals surface area contributed by atoms with Gasteiger partial charge in [0, 0.05) is 12.6 Å². The van der Waals surface area contributed by atoms with Crippen molar-refractivity contribution in [2.24, 2.45) is 5.73 Å². The lowest BCUT2D eigenvalue weighted by molar-refractivity contribution is -0.117. The fourth-order valence-electron chi connectivity index (χ4n) is 1.04. The highest BCUT2D eigenvalue weighted by Gasteiger charge is 1.99. The van der Waals surface area contributed by atoms with E-state index in [4.69, 9.17) is 16.2 Å². The molecule has 1 heterocycles. The van der Waals surface area contributed by atoms with Crippen molar-refractivity contribution in [1.82, 2.24) is 4.98 Å². The number of methoxy groups -OCH3 is 1. The number of anilines is 1. The van der Waals surface area contributed by atoms with Crippen molar-refractivity contribution >= 4 is 17.8 Å². The predicted octanol–water partition coefficient (Wildman–Crippen LogP) is 0.561. The Morgan fingerprint density at radius 2 is 2.40 bits per heavy atom. The van der Waals surface area contributed by atoms with Crippen LogP contribution in [0.2, 0.25) is 0 Å². The van der Waals surface area contributed by atoms with Crippen molar-refractivity contribution in [2.45, 2.75) is 6.42 Å². The molecular formula is C10H13N3O2. The van der Waals surface area contributed by atoms with Crippen molar-refractivity contribution in [3.8, 4) is 5.75 Å². The summed E-state index contributed by atoms with van der Waals surface area (Å²) >= 11 is 0. The highest BCUT2D eigenvalue weighted by atomic mass is 16.5. The number of nitrogens with two attached hydrogens (primary N) is 2. The average Bonchev–Trinajstić information content (AvgIpc) is 2.20. The molecule has 0 radical (unpaired) electrons. The molecule has 0 bridgehead atoms. The Labute approximate surface area is 87.7 Å². The van der Waals surface area contributed by atoms with Gasteiger partial charge in [-0.3, -0.25) is 4.79 Å². The van der Waals surface area contributed by atoms with Crippen LogP contribution < -0.4 is 16.2 Å². The van der Waals surface area contributed by atoms with Crippen molar-refractivity contribution in [3.63, 3.8) is 0 Å². The number of ether oxygens (including phenoxy) is 1. The lowest BCUT2D eigenvalue weighted by Crippen LogP contribution is -2.07. The van der Waals surface area contributed by atoms with Crippen LogP contribution in [0.1, 0.15) is 12.0 Å². The second-order valence-electron chi connectivity index (χ2n) is 2.93. The summed E-state index contributed by atoms with van der Waals surface area (Å²) in [5.41, 5.74) is 11.3. The number of nitrogens with zero attached hydrogens (tertiary/aromatic N) is 1. The molecule has 0 fully saturated rings. The van der Waals surface area contributed by atoms with E-state index in [1.54, 1.807) is 24.4 Å². The third-order valence-corrected chi connectivity index (χ3v) is 1.75. The van der Waals surface area contributed by atoms with Crippen LogP contribution in [-0.4, -0.2) is 18.0 Å². The molecule has 0 aromatic carbocycles. The largest absolute Gasteiger partial charge is 0.493 e. The van der Waals surface area contributed by atoms with Gasteiger partial charge in [-0.2, -0.15) is 0 Å². The van der Waals surface area contributed by atoms with E-state index < -0.39 is 0 Å². The highest BCUT2D eigenvalue weighted by Crippen LogP contribution is 2.19. The monoisotopic (exact) mass is 207 g/mol. The number of rotatable bonds is 4. The fraction of sp³-hybridized carbons (Fsp3) is 0.200. The van der Waals surface area contributed by atoms with Gasteiger partial charge in [0.15, 0.2) is 11.6 Å². The van der Waals surface area contributed by atoms with Crippen molar-refractivity contribution in [1.29, 1.82) is 0 Å². The zero-order valence-corrected chi connectivity index (χ0v) is 8.43. The van der Waals surface area contributed by atoms with Crippen LogP contribution in [0.3, 0.4) is 0 Å². The summed E-state index contributed by atoms with van der Waals surface area (Å²) in [6.07, 6.45) is 5.19. The zero-order valence-electron chi connectivity index (χ0n) is 8.43. The molecule has 1 aromatic rings. The molecule has 0 saturated heterocycles. The first kappa shape index (κ1) is 11.0. The highest BCUT2D eigenvalue weighted by molar-refractivity contribution is 5.76. The quantitative estimate of drug-likeness (QED) is 0.754. The third-order valence-electron chi connectivity index (χ3n) is 1.75. The number of carbonyl (C=O) groups is 1. The van der Waals surface area contributed by atoms with Crippen LogP contribution in [0.4, 0.5) is 5.82 Å². The number of hydrogen-bond donors (Lipinski definition) is 2. The Morgan fingerprint density at radius 1 is 1.67 bits per heavy atom. The Hall–Kier alpha value is -2.04. The Bertz CT molecular complexity index is 388. The van der Waals surface area contributed by atoms with Crippen molar-refractivity contribution < 1.29 is 9.53 Å². The number of aromatic nitrogens is 1. The minimum absolute atomic E-state index is 0.201. The molecule has 1 aromatic heterocycles. The molecule has 1 amide bonds. The van der Waals surface area contributed by atoms with Gasteiger partial charge in [0.05, 0.1) is 7.11 Å². The third kappa shape index (κ3) is 3.30. The number of amides is 1. The minimum atomic E-state index is -0.374. The molecule has 0 aliphatic rings. The van der Waals surface area contributed by atoms with Crippen molar-refractivity contribution in [3.05, 3.63) is 23.9 Å². The van der Waals surface area contributed by atoms with Gasteiger partial charge >= 0.3 is 0 Å². The van der Waals surface area contributed by atoms with E-state index >= 15 is 0 Å². The molecule has 80 valence electrons. The molecule has 5 heteroatoms. The number of nitrogen functional groups attached to an aromatic ring is 1. The number of hydrogen-bond acceptors (Lipinski definition) is 4. The summed E-state index contributed by atoms with van der Waals surface area (Å²) in [5, 5.41) is 0. The Balaban J connectivity index is 2.78. The minimum Gasteiger partial charge on any atom is -0.493 e. The van der Waals surface area contributed by atoms with Gasteiger partial charge in [0.1, 0.15) is 0 Å². The number of pyridine rings is 1. The van der Waals surface area contributed by atoms with E-state index in [2.05, 4.69) is 4.98 Å². The van der Waals surface area contributed by atoms with E-state index in [1.807, 2.05) is 0 Å². The van der Waals surface area contributed by atoms with E-state index in [0.29, 0.717) is 11.6 Å². The molecule has 0 spiro atoms. The van der Waals surface area contributed by atoms with Gasteiger partial charge in [-0.05, 0) is 11.6 Å². The van der Waals surface area contributed by atoms with E-state index in [1.165, 1.54) is 7.11 Å². The summed E-state index contributed by atoms with van der Waals surface area (Å²) in [6, 6.07) is 1.74. The molecule has 0 saturated carbocycles. The van der Waals surface area contributed by atoms with Crippen LogP contribution >= 0.6 is 0 Å². The smallest absolute Gasteiger partial charge is 0.221 e. The van der Waals surface area contributed by atoms with Crippen molar-refractivity contribution in [2.75, 3.05) is 12.8 Å². The van der Waals surface area contributed by atoms with Gasteiger partial charge in [-0.1, -0.05) is 12.2 Å². The van der Waals surface area contributed by atoms with Crippen LogP contribution in [-0.2, 0) is 4.79 Å². The SMILES string of the molecule is COc1cc(C=CCC(N)=O)cnc1N. The zero-order chi connectivity index (χ0) is 11.3. The van der Waals surface area contributed by atoms with E-state index in [9.17, 15) is 4.79 Å². The lowest BCUT2D eigenvalue weighted by atomic mass is 10.2. The van der Waals surface area contributed by atoms with Gasteiger partial charge in [0.25, 0.3) is 0 Å². The standard InChI is InChI=1S/C10H13N3O2/c1-15-8-5-7(6-13-10(8)12)3-2-4-9(11)14/h2-3,5-6H,4H2,1H3,(H2,11,14)(H2,12,13). The fourth-order valence-corrected chi connectivity index (χ4v) is 1.04. The first-order chi connectivity index (χ1) is 7.13. The maximum Gasteiger partial charge on any atom is 0.221 e. The molecule has 0 aliphatic heterocycles. The van der Waals surface area contributed by atoms with Crippen LogP contribution in [0.25, 0.3) is 6.08 Å².